The summed E-state index contributed by atoms with van der Waals surface area (Å²) in [4.78, 5) is 4.34. The van der Waals surface area contributed by atoms with Crippen LogP contribution in [0.1, 0.15) is 5.69 Å². The van der Waals surface area contributed by atoms with Crippen LogP contribution in [0.4, 0.5) is 0 Å². The standard InChI is InChI=1S/C18H18N4OS/c1-3-12-22-17(14-7-9-16(23-2)10-8-14)20-21-18(22)24-13-15-6-4-5-11-19-15/h3-11H,1,12-13H2,2H3. The first-order chi connectivity index (χ1) is 11.8. The second-order valence-corrected chi connectivity index (χ2v) is 5.99. The van der Waals surface area contributed by atoms with Gasteiger partial charge in [-0.15, -0.1) is 16.8 Å². The van der Waals surface area contributed by atoms with Crippen molar-refractivity contribution in [2.24, 2.45) is 0 Å². The van der Waals surface area contributed by atoms with E-state index in [-0.39, 0.29) is 0 Å². The van der Waals surface area contributed by atoms with Gasteiger partial charge >= 0.3 is 0 Å². The van der Waals surface area contributed by atoms with Gasteiger partial charge in [-0.1, -0.05) is 23.9 Å². The molecule has 3 rings (SSSR count). The highest BCUT2D eigenvalue weighted by Crippen LogP contribution is 2.27. The number of aromatic nitrogens is 4. The van der Waals surface area contributed by atoms with Crippen LogP contribution < -0.4 is 4.74 Å². The molecule has 5 nitrogen and oxygen atoms in total. The van der Waals surface area contributed by atoms with Crippen molar-refractivity contribution in [3.63, 3.8) is 0 Å². The third-order valence-electron chi connectivity index (χ3n) is 3.45. The van der Waals surface area contributed by atoms with Crippen molar-refractivity contribution in [3.05, 3.63) is 67.0 Å². The number of allylic oxidation sites excluding steroid dienone is 1. The lowest BCUT2D eigenvalue weighted by atomic mass is 10.2. The number of nitrogens with zero attached hydrogens (tertiary/aromatic N) is 4. The van der Waals surface area contributed by atoms with Crippen molar-refractivity contribution < 1.29 is 4.74 Å². The Labute approximate surface area is 145 Å². The third kappa shape index (κ3) is 3.65. The molecule has 2 heterocycles. The maximum Gasteiger partial charge on any atom is 0.192 e. The third-order valence-corrected chi connectivity index (χ3v) is 4.45. The minimum Gasteiger partial charge on any atom is -0.497 e. The van der Waals surface area contributed by atoms with Crippen molar-refractivity contribution >= 4 is 11.8 Å². The summed E-state index contributed by atoms with van der Waals surface area (Å²) in [5.41, 5.74) is 2.01. The Morgan fingerprint density at radius 1 is 1.17 bits per heavy atom. The predicted octanol–water partition coefficient (Wildman–Crippen LogP) is 3.83. The number of thioether (sulfide) groups is 1. The highest BCUT2D eigenvalue weighted by Gasteiger charge is 2.14. The normalized spacial score (nSPS) is 10.5. The average molecular weight is 338 g/mol. The predicted molar refractivity (Wildman–Crippen MR) is 96.0 cm³/mol. The van der Waals surface area contributed by atoms with Crippen molar-refractivity contribution in [1.82, 2.24) is 19.7 Å². The van der Waals surface area contributed by atoms with E-state index in [4.69, 9.17) is 4.74 Å². The quantitative estimate of drug-likeness (QED) is 0.484. The summed E-state index contributed by atoms with van der Waals surface area (Å²) in [6, 6.07) is 13.7. The van der Waals surface area contributed by atoms with Gasteiger partial charge in [-0.3, -0.25) is 9.55 Å². The van der Waals surface area contributed by atoms with Crippen molar-refractivity contribution in [2.75, 3.05) is 7.11 Å². The number of hydrogen-bond donors (Lipinski definition) is 0. The number of methoxy groups -OCH3 is 1. The maximum absolute atomic E-state index is 5.21. The summed E-state index contributed by atoms with van der Waals surface area (Å²) in [5.74, 6) is 2.39. The fourth-order valence-corrected chi connectivity index (χ4v) is 3.13. The molecule has 0 spiro atoms. The highest BCUT2D eigenvalue weighted by molar-refractivity contribution is 7.98. The Bertz CT molecular complexity index is 800. The van der Waals surface area contributed by atoms with Crippen LogP contribution in [0.5, 0.6) is 5.75 Å². The van der Waals surface area contributed by atoms with Crippen molar-refractivity contribution in [2.45, 2.75) is 17.5 Å². The number of pyridine rings is 1. The van der Waals surface area contributed by atoms with Gasteiger partial charge in [0.05, 0.1) is 12.8 Å². The molecule has 0 aliphatic carbocycles. The number of rotatable bonds is 7. The Kier molecular flexibility index (Phi) is 5.28. The molecule has 0 bridgehead atoms. The Balaban J connectivity index is 1.85. The zero-order valence-corrected chi connectivity index (χ0v) is 14.2. The zero-order valence-electron chi connectivity index (χ0n) is 13.4. The minimum atomic E-state index is 0.652. The van der Waals surface area contributed by atoms with E-state index in [9.17, 15) is 0 Å². The molecule has 0 saturated carbocycles. The van der Waals surface area contributed by atoms with Gasteiger partial charge in [-0.2, -0.15) is 0 Å². The Morgan fingerprint density at radius 3 is 2.67 bits per heavy atom. The van der Waals surface area contributed by atoms with E-state index in [1.807, 2.05) is 48.5 Å². The van der Waals surface area contributed by atoms with Crippen LogP contribution in [0.25, 0.3) is 11.4 Å². The first-order valence-electron chi connectivity index (χ1n) is 7.53. The molecule has 0 aliphatic rings. The Hall–Kier alpha value is -2.60. The molecule has 0 fully saturated rings. The number of hydrogen-bond acceptors (Lipinski definition) is 5. The van der Waals surface area contributed by atoms with Gasteiger partial charge in [-0.25, -0.2) is 0 Å². The molecule has 0 atom stereocenters. The summed E-state index contributed by atoms with van der Waals surface area (Å²) in [5, 5.41) is 9.55. The van der Waals surface area contributed by atoms with Gasteiger partial charge in [-0.05, 0) is 36.4 Å². The van der Waals surface area contributed by atoms with E-state index in [0.29, 0.717) is 6.54 Å². The van der Waals surface area contributed by atoms with Crippen molar-refractivity contribution in [3.8, 4) is 17.1 Å². The van der Waals surface area contributed by atoms with Crippen LogP contribution in [0.3, 0.4) is 0 Å². The number of benzene rings is 1. The van der Waals surface area contributed by atoms with Gasteiger partial charge in [0.1, 0.15) is 5.75 Å². The average Bonchev–Trinajstić information content (AvgIpc) is 3.04. The fourth-order valence-electron chi connectivity index (χ4n) is 2.26. The lowest BCUT2D eigenvalue weighted by molar-refractivity contribution is 0.415. The van der Waals surface area contributed by atoms with Crippen LogP contribution in [-0.2, 0) is 12.3 Å². The Morgan fingerprint density at radius 2 is 2.00 bits per heavy atom. The van der Waals surface area contributed by atoms with Gasteiger partial charge in [0.25, 0.3) is 0 Å². The molecular formula is C18H18N4OS. The summed E-state index contributed by atoms with van der Waals surface area (Å²) >= 11 is 1.62. The van der Waals surface area contributed by atoms with Crippen molar-refractivity contribution in [1.29, 1.82) is 0 Å². The molecule has 0 unspecified atom stereocenters. The van der Waals surface area contributed by atoms with E-state index in [0.717, 1.165) is 33.7 Å². The van der Waals surface area contributed by atoms with Gasteiger partial charge < -0.3 is 4.74 Å². The van der Waals surface area contributed by atoms with Gasteiger partial charge in [0.2, 0.25) is 0 Å². The minimum absolute atomic E-state index is 0.652. The van der Waals surface area contributed by atoms with Gasteiger partial charge in [0.15, 0.2) is 11.0 Å². The maximum atomic E-state index is 5.21. The van der Waals surface area contributed by atoms with Crippen LogP contribution in [0.2, 0.25) is 0 Å². The first-order valence-corrected chi connectivity index (χ1v) is 8.51. The second-order valence-electron chi connectivity index (χ2n) is 5.04. The zero-order chi connectivity index (χ0) is 16.8. The second kappa shape index (κ2) is 7.79. The van der Waals surface area contributed by atoms with E-state index in [1.165, 1.54) is 0 Å². The summed E-state index contributed by atoms with van der Waals surface area (Å²) in [6.07, 6.45) is 3.65. The fraction of sp³-hybridized carbons (Fsp3) is 0.167. The van der Waals surface area contributed by atoms with Crippen LogP contribution in [-0.4, -0.2) is 26.9 Å². The molecule has 2 aromatic heterocycles. The lowest BCUT2D eigenvalue weighted by Gasteiger charge is -2.08. The highest BCUT2D eigenvalue weighted by atomic mass is 32.2. The first kappa shape index (κ1) is 16.3. The molecule has 0 amide bonds. The summed E-state index contributed by atoms with van der Waals surface area (Å²) in [6.45, 7) is 4.49. The summed E-state index contributed by atoms with van der Waals surface area (Å²) < 4.78 is 7.26. The lowest BCUT2D eigenvalue weighted by Crippen LogP contribution is -2.01. The van der Waals surface area contributed by atoms with Gasteiger partial charge in [0, 0.05) is 24.1 Å². The molecule has 6 heteroatoms. The molecule has 24 heavy (non-hydrogen) atoms. The topological polar surface area (TPSA) is 52.8 Å². The van der Waals surface area contributed by atoms with E-state index >= 15 is 0 Å². The molecule has 0 radical (unpaired) electrons. The molecular weight excluding hydrogens is 320 g/mol. The number of ether oxygens (including phenoxy) is 1. The van der Waals surface area contributed by atoms with E-state index in [1.54, 1.807) is 25.1 Å². The van der Waals surface area contributed by atoms with E-state index < -0.39 is 0 Å². The van der Waals surface area contributed by atoms with E-state index in [2.05, 4.69) is 26.3 Å². The molecule has 1 aromatic carbocycles. The molecule has 0 saturated heterocycles. The smallest absolute Gasteiger partial charge is 0.192 e. The monoisotopic (exact) mass is 338 g/mol. The molecule has 122 valence electrons. The van der Waals surface area contributed by atoms with Crippen LogP contribution >= 0.6 is 11.8 Å². The summed E-state index contributed by atoms with van der Waals surface area (Å²) in [7, 11) is 1.65. The SMILES string of the molecule is C=CCn1c(SCc2ccccn2)nnc1-c1ccc(OC)cc1. The van der Waals surface area contributed by atoms with Crippen LogP contribution in [0.15, 0.2) is 66.5 Å². The molecule has 0 aliphatic heterocycles. The molecule has 3 aromatic rings. The van der Waals surface area contributed by atoms with Crippen LogP contribution in [0, 0.1) is 0 Å². The largest absolute Gasteiger partial charge is 0.497 e. The molecule has 0 N–H and O–H groups in total.